The minimum absolute atomic E-state index is 0.770. The van der Waals surface area contributed by atoms with Gasteiger partial charge in [-0.25, -0.2) is 0 Å². The molecule has 3 heteroatoms. The first-order valence-electron chi connectivity index (χ1n) is 9.37. The van der Waals surface area contributed by atoms with E-state index in [1.807, 2.05) is 0 Å². The van der Waals surface area contributed by atoms with Gasteiger partial charge in [0, 0.05) is 45.3 Å². The van der Waals surface area contributed by atoms with Crippen LogP contribution in [0.15, 0.2) is 0 Å². The van der Waals surface area contributed by atoms with Gasteiger partial charge in [0.2, 0.25) is 0 Å². The molecule has 1 heterocycles. The Morgan fingerprint density at radius 1 is 0.952 bits per heavy atom. The summed E-state index contributed by atoms with van der Waals surface area (Å²) < 4.78 is 0. The zero-order chi connectivity index (χ0) is 15.1. The van der Waals surface area contributed by atoms with E-state index in [-0.39, 0.29) is 0 Å². The van der Waals surface area contributed by atoms with E-state index in [9.17, 15) is 0 Å². The Bertz CT molecular complexity index is 272. The van der Waals surface area contributed by atoms with E-state index in [2.05, 4.69) is 35.9 Å². The Morgan fingerprint density at radius 3 is 2.29 bits per heavy atom. The van der Waals surface area contributed by atoms with E-state index in [1.54, 1.807) is 0 Å². The van der Waals surface area contributed by atoms with E-state index in [0.717, 1.165) is 24.4 Å². The highest BCUT2D eigenvalue weighted by molar-refractivity contribution is 4.83. The summed E-state index contributed by atoms with van der Waals surface area (Å²) in [5.41, 5.74) is 0. The second-order valence-corrected chi connectivity index (χ2v) is 7.56. The lowest BCUT2D eigenvalue weighted by Gasteiger charge is -2.38. The summed E-state index contributed by atoms with van der Waals surface area (Å²) >= 11 is 0. The molecular formula is C18H37N3. The quantitative estimate of drug-likeness (QED) is 0.760. The lowest BCUT2D eigenvalue weighted by atomic mass is 9.93. The molecule has 21 heavy (non-hydrogen) atoms. The summed E-state index contributed by atoms with van der Waals surface area (Å²) in [5.74, 6) is 1.68. The number of nitrogens with one attached hydrogen (secondary N) is 1. The summed E-state index contributed by atoms with van der Waals surface area (Å²) in [6.45, 7) is 15.8. The predicted molar refractivity (Wildman–Crippen MR) is 91.8 cm³/mol. The first kappa shape index (κ1) is 17.2. The van der Waals surface area contributed by atoms with Gasteiger partial charge in [-0.3, -0.25) is 0 Å². The predicted octanol–water partition coefficient (Wildman–Crippen LogP) is 2.82. The smallest absolute Gasteiger partial charge is 0.0110 e. The Balaban J connectivity index is 1.77. The molecule has 2 atom stereocenters. The standard InChI is InChI=1S/C18H37N3/c1-4-19-18-9-7-5-6-8-17(18)15-21-12-10-20(11-13-21)14-16(2)3/h16-19H,4-15H2,1-3H3. The lowest BCUT2D eigenvalue weighted by Crippen LogP contribution is -2.50. The maximum atomic E-state index is 3.76. The van der Waals surface area contributed by atoms with E-state index in [4.69, 9.17) is 0 Å². The first-order valence-corrected chi connectivity index (χ1v) is 9.37. The minimum Gasteiger partial charge on any atom is -0.314 e. The molecule has 0 aromatic heterocycles. The van der Waals surface area contributed by atoms with Crippen molar-refractivity contribution in [2.24, 2.45) is 11.8 Å². The molecule has 2 fully saturated rings. The highest BCUT2D eigenvalue weighted by Crippen LogP contribution is 2.25. The molecule has 1 saturated heterocycles. The third-order valence-corrected chi connectivity index (χ3v) is 5.21. The minimum atomic E-state index is 0.770. The van der Waals surface area contributed by atoms with Crippen molar-refractivity contribution < 1.29 is 0 Å². The normalized spacial score (nSPS) is 29.7. The van der Waals surface area contributed by atoms with Gasteiger partial charge in [-0.2, -0.15) is 0 Å². The highest BCUT2D eigenvalue weighted by Gasteiger charge is 2.26. The number of hydrogen-bond donors (Lipinski definition) is 1. The Kier molecular flexibility index (Phi) is 7.48. The maximum absolute atomic E-state index is 3.76. The van der Waals surface area contributed by atoms with Gasteiger partial charge in [-0.15, -0.1) is 0 Å². The summed E-state index contributed by atoms with van der Waals surface area (Å²) in [5, 5.41) is 3.76. The van der Waals surface area contributed by atoms with E-state index in [1.165, 1.54) is 71.4 Å². The van der Waals surface area contributed by atoms with Crippen LogP contribution in [0, 0.1) is 11.8 Å². The van der Waals surface area contributed by atoms with Gasteiger partial charge < -0.3 is 15.1 Å². The van der Waals surface area contributed by atoms with E-state index < -0.39 is 0 Å². The van der Waals surface area contributed by atoms with Crippen LogP contribution in [0.4, 0.5) is 0 Å². The molecule has 3 nitrogen and oxygen atoms in total. The fourth-order valence-corrected chi connectivity index (χ4v) is 4.14. The molecular weight excluding hydrogens is 258 g/mol. The molecule has 124 valence electrons. The Labute approximate surface area is 132 Å². The van der Waals surface area contributed by atoms with Crippen LogP contribution >= 0.6 is 0 Å². The van der Waals surface area contributed by atoms with Crippen LogP contribution in [-0.2, 0) is 0 Å². The third-order valence-electron chi connectivity index (χ3n) is 5.21. The second kappa shape index (κ2) is 9.12. The molecule has 0 bridgehead atoms. The van der Waals surface area contributed by atoms with E-state index in [0.29, 0.717) is 0 Å². The van der Waals surface area contributed by atoms with Crippen LogP contribution in [0.3, 0.4) is 0 Å². The van der Waals surface area contributed by atoms with Crippen LogP contribution in [-0.4, -0.2) is 61.7 Å². The number of nitrogens with zero attached hydrogens (tertiary/aromatic N) is 2. The van der Waals surface area contributed by atoms with Gasteiger partial charge in [0.25, 0.3) is 0 Å². The topological polar surface area (TPSA) is 18.5 Å². The van der Waals surface area contributed by atoms with Crippen molar-refractivity contribution in [2.45, 2.75) is 58.9 Å². The fourth-order valence-electron chi connectivity index (χ4n) is 4.14. The van der Waals surface area contributed by atoms with Gasteiger partial charge in [0.1, 0.15) is 0 Å². The van der Waals surface area contributed by atoms with Crippen molar-refractivity contribution in [2.75, 3.05) is 45.8 Å². The third kappa shape index (κ3) is 5.88. The molecule has 0 spiro atoms. The van der Waals surface area contributed by atoms with Gasteiger partial charge in [-0.1, -0.05) is 40.0 Å². The van der Waals surface area contributed by atoms with E-state index >= 15 is 0 Å². The summed E-state index contributed by atoms with van der Waals surface area (Å²) in [6, 6.07) is 0.770. The van der Waals surface area contributed by atoms with Gasteiger partial charge in [0.15, 0.2) is 0 Å². The van der Waals surface area contributed by atoms with Crippen LogP contribution in [0.1, 0.15) is 52.9 Å². The Hall–Kier alpha value is -0.120. The van der Waals surface area contributed by atoms with Crippen LogP contribution in [0.5, 0.6) is 0 Å². The molecule has 0 amide bonds. The van der Waals surface area contributed by atoms with Crippen molar-refractivity contribution in [3.63, 3.8) is 0 Å². The molecule has 1 saturated carbocycles. The average molecular weight is 296 g/mol. The lowest BCUT2D eigenvalue weighted by molar-refractivity contribution is 0.100. The van der Waals surface area contributed by atoms with Gasteiger partial charge in [0.05, 0.1) is 0 Å². The van der Waals surface area contributed by atoms with Crippen molar-refractivity contribution in [1.29, 1.82) is 0 Å². The average Bonchev–Trinajstić information content (AvgIpc) is 2.67. The molecule has 0 radical (unpaired) electrons. The zero-order valence-corrected chi connectivity index (χ0v) is 14.6. The number of rotatable bonds is 6. The molecule has 2 unspecified atom stereocenters. The molecule has 0 aromatic carbocycles. The highest BCUT2D eigenvalue weighted by atomic mass is 15.3. The van der Waals surface area contributed by atoms with Crippen molar-refractivity contribution in [3.05, 3.63) is 0 Å². The summed E-state index contributed by atoms with van der Waals surface area (Å²) in [7, 11) is 0. The van der Waals surface area contributed by atoms with Crippen molar-refractivity contribution >= 4 is 0 Å². The van der Waals surface area contributed by atoms with Crippen LogP contribution in [0.2, 0.25) is 0 Å². The number of piperazine rings is 1. The van der Waals surface area contributed by atoms with Crippen LogP contribution < -0.4 is 5.32 Å². The monoisotopic (exact) mass is 295 g/mol. The molecule has 1 aliphatic heterocycles. The summed E-state index contributed by atoms with van der Waals surface area (Å²) in [4.78, 5) is 5.38. The summed E-state index contributed by atoms with van der Waals surface area (Å²) in [6.07, 6.45) is 7.15. The van der Waals surface area contributed by atoms with Gasteiger partial charge >= 0.3 is 0 Å². The molecule has 2 aliphatic rings. The van der Waals surface area contributed by atoms with Gasteiger partial charge in [-0.05, 0) is 31.2 Å². The molecule has 2 rings (SSSR count). The molecule has 0 aromatic rings. The maximum Gasteiger partial charge on any atom is 0.0110 e. The zero-order valence-electron chi connectivity index (χ0n) is 14.6. The SMILES string of the molecule is CCNC1CCCCCC1CN1CCN(CC(C)C)CC1. The molecule has 1 N–H and O–H groups in total. The first-order chi connectivity index (χ1) is 10.2. The van der Waals surface area contributed by atoms with Crippen LogP contribution in [0.25, 0.3) is 0 Å². The van der Waals surface area contributed by atoms with Crippen molar-refractivity contribution in [1.82, 2.24) is 15.1 Å². The number of hydrogen-bond acceptors (Lipinski definition) is 3. The largest absolute Gasteiger partial charge is 0.314 e. The fraction of sp³-hybridized carbons (Fsp3) is 1.00. The molecule has 1 aliphatic carbocycles. The Morgan fingerprint density at radius 2 is 1.62 bits per heavy atom. The second-order valence-electron chi connectivity index (χ2n) is 7.56. The van der Waals surface area contributed by atoms with Crippen molar-refractivity contribution in [3.8, 4) is 0 Å².